The van der Waals surface area contributed by atoms with Gasteiger partial charge in [0.2, 0.25) is 17.7 Å². The minimum atomic E-state index is -1.29. The number of aromatic nitrogens is 2. The molecule has 4 atom stereocenters. The zero-order valence-electron chi connectivity index (χ0n) is 27.2. The molecular formula is C34H45N9O5. The Kier molecular flexibility index (Phi) is 12.2. The molecule has 0 spiro atoms. The maximum absolute atomic E-state index is 13.9. The Balaban J connectivity index is 1.56. The van der Waals surface area contributed by atoms with E-state index in [2.05, 4.69) is 30.9 Å². The summed E-state index contributed by atoms with van der Waals surface area (Å²) < 4.78 is 0. The van der Waals surface area contributed by atoms with Gasteiger partial charge in [0.1, 0.15) is 18.1 Å². The number of amides is 3. The Morgan fingerprint density at radius 2 is 1.27 bits per heavy atom. The summed E-state index contributed by atoms with van der Waals surface area (Å²) in [4.78, 5) is 63.3. The lowest BCUT2D eigenvalue weighted by Gasteiger charge is -2.25. The number of carboxylic acids is 1. The molecule has 48 heavy (non-hydrogen) atoms. The Bertz CT molecular complexity index is 1760. The number of guanidine groups is 1. The van der Waals surface area contributed by atoms with Gasteiger partial charge in [-0.05, 0) is 48.4 Å². The molecule has 2 aromatic carbocycles. The van der Waals surface area contributed by atoms with Crippen LogP contribution in [0.2, 0.25) is 0 Å². The van der Waals surface area contributed by atoms with Crippen LogP contribution in [0.4, 0.5) is 0 Å². The zero-order chi connectivity index (χ0) is 34.8. The van der Waals surface area contributed by atoms with E-state index in [1.54, 1.807) is 12.4 Å². The maximum Gasteiger partial charge on any atom is 0.326 e. The van der Waals surface area contributed by atoms with Crippen molar-refractivity contribution in [2.75, 3.05) is 6.54 Å². The van der Waals surface area contributed by atoms with Crippen LogP contribution in [-0.4, -0.2) is 75.4 Å². The van der Waals surface area contributed by atoms with E-state index in [4.69, 9.17) is 17.2 Å². The molecule has 4 rings (SSSR count). The standard InChI is InChI=1S/C34H45N9O5/c1-19(2)14-24(35)30(44)42-28(15-20-17-39-25-10-5-3-8-22(20)25)32(46)41-27(12-7-13-38-34(36)37)31(45)43-29(33(47)48)16-21-18-40-26-11-6-4-9-23(21)26/h3-6,8-11,17-19,24,27-29,39-40H,7,12-16,35H2,1-2H3,(H,41,46)(H,42,44)(H,43,45)(H,47,48)(H4,36,37,38). The van der Waals surface area contributed by atoms with Crippen molar-refractivity contribution in [3.05, 3.63) is 72.1 Å². The van der Waals surface area contributed by atoms with Gasteiger partial charge in [0.15, 0.2) is 5.96 Å². The molecule has 0 bridgehead atoms. The third-order valence-electron chi connectivity index (χ3n) is 8.09. The Hall–Kier alpha value is -5.37. The van der Waals surface area contributed by atoms with Crippen LogP contribution in [0.5, 0.6) is 0 Å². The first kappa shape index (κ1) is 35.5. The minimum absolute atomic E-state index is 0.00669. The number of nitrogens with one attached hydrogen (secondary N) is 5. The van der Waals surface area contributed by atoms with E-state index in [9.17, 15) is 24.3 Å². The van der Waals surface area contributed by atoms with E-state index >= 15 is 0 Å². The molecule has 0 radical (unpaired) electrons. The quantitative estimate of drug-likeness (QED) is 0.0454. The van der Waals surface area contributed by atoms with Gasteiger partial charge in [-0.2, -0.15) is 0 Å². The summed E-state index contributed by atoms with van der Waals surface area (Å²) in [7, 11) is 0. The van der Waals surface area contributed by atoms with Crippen LogP contribution >= 0.6 is 0 Å². The fourth-order valence-electron chi connectivity index (χ4n) is 5.66. The van der Waals surface area contributed by atoms with Crippen LogP contribution in [0.3, 0.4) is 0 Å². The van der Waals surface area contributed by atoms with Crippen molar-refractivity contribution < 1.29 is 24.3 Å². The second kappa shape index (κ2) is 16.5. The average molecular weight is 660 g/mol. The number of aliphatic imine (C=N–C) groups is 1. The summed E-state index contributed by atoms with van der Waals surface area (Å²) in [6.45, 7) is 4.06. The van der Waals surface area contributed by atoms with Gasteiger partial charge in [0.25, 0.3) is 0 Å². The molecular weight excluding hydrogens is 614 g/mol. The van der Waals surface area contributed by atoms with Crippen molar-refractivity contribution in [2.45, 2.75) is 70.1 Å². The van der Waals surface area contributed by atoms with Crippen LogP contribution in [0.25, 0.3) is 21.8 Å². The minimum Gasteiger partial charge on any atom is -0.480 e. The lowest BCUT2D eigenvalue weighted by molar-refractivity contribution is -0.142. The molecule has 0 aliphatic carbocycles. The number of nitrogens with zero attached hydrogens (tertiary/aromatic N) is 1. The largest absolute Gasteiger partial charge is 0.480 e. The van der Waals surface area contributed by atoms with E-state index in [1.807, 2.05) is 62.4 Å². The highest BCUT2D eigenvalue weighted by atomic mass is 16.4. The number of benzene rings is 2. The second-order valence-electron chi connectivity index (χ2n) is 12.3. The first-order valence-electron chi connectivity index (χ1n) is 16.0. The normalized spacial score (nSPS) is 13.8. The molecule has 3 amide bonds. The van der Waals surface area contributed by atoms with Crippen molar-refractivity contribution in [3.8, 4) is 0 Å². The highest BCUT2D eigenvalue weighted by Crippen LogP contribution is 2.21. The molecule has 14 heteroatoms. The Morgan fingerprint density at radius 3 is 1.81 bits per heavy atom. The Morgan fingerprint density at radius 1 is 0.771 bits per heavy atom. The summed E-state index contributed by atoms with van der Waals surface area (Å²) in [6, 6.07) is 10.6. The van der Waals surface area contributed by atoms with Gasteiger partial charge in [-0.3, -0.25) is 19.4 Å². The highest BCUT2D eigenvalue weighted by molar-refractivity contribution is 5.95. The third kappa shape index (κ3) is 9.58. The topological polar surface area (TPSA) is 247 Å². The molecule has 14 nitrogen and oxygen atoms in total. The predicted octanol–water partition coefficient (Wildman–Crippen LogP) is 1.40. The molecule has 4 aromatic rings. The first-order valence-corrected chi connectivity index (χ1v) is 16.0. The molecule has 4 unspecified atom stereocenters. The van der Waals surface area contributed by atoms with Gasteiger partial charge >= 0.3 is 5.97 Å². The summed E-state index contributed by atoms with van der Waals surface area (Å²) in [5, 5.41) is 19.9. The number of carbonyl (C=O) groups is 4. The van der Waals surface area contributed by atoms with Crippen molar-refractivity contribution in [1.82, 2.24) is 25.9 Å². The zero-order valence-corrected chi connectivity index (χ0v) is 27.2. The van der Waals surface area contributed by atoms with Crippen LogP contribution in [-0.2, 0) is 32.0 Å². The summed E-state index contributed by atoms with van der Waals surface area (Å²) in [5.41, 5.74) is 20.3. The van der Waals surface area contributed by atoms with Crippen molar-refractivity contribution in [2.24, 2.45) is 28.1 Å². The lowest BCUT2D eigenvalue weighted by Crippen LogP contribution is -2.57. The average Bonchev–Trinajstić information content (AvgIpc) is 3.65. The monoisotopic (exact) mass is 659 g/mol. The smallest absolute Gasteiger partial charge is 0.326 e. The van der Waals surface area contributed by atoms with Crippen molar-refractivity contribution in [3.63, 3.8) is 0 Å². The summed E-state index contributed by atoms with van der Waals surface area (Å²) in [5.74, 6) is -3.03. The Labute approximate surface area is 278 Å². The van der Waals surface area contributed by atoms with E-state index in [0.29, 0.717) is 18.4 Å². The number of aliphatic carboxylic acids is 1. The number of hydrogen-bond acceptors (Lipinski definition) is 6. The van der Waals surface area contributed by atoms with Gasteiger partial charge in [-0.1, -0.05) is 50.2 Å². The fourth-order valence-corrected chi connectivity index (χ4v) is 5.66. The number of H-pyrrole nitrogens is 2. The molecule has 12 N–H and O–H groups in total. The number of para-hydroxylation sites is 2. The van der Waals surface area contributed by atoms with Crippen LogP contribution in [0, 0.1) is 5.92 Å². The van der Waals surface area contributed by atoms with Gasteiger partial charge in [0, 0.05) is 53.6 Å². The van der Waals surface area contributed by atoms with Gasteiger partial charge in [0.05, 0.1) is 6.04 Å². The van der Waals surface area contributed by atoms with E-state index in [0.717, 1.165) is 27.4 Å². The van der Waals surface area contributed by atoms with Gasteiger partial charge < -0.3 is 48.2 Å². The highest BCUT2D eigenvalue weighted by Gasteiger charge is 2.31. The third-order valence-corrected chi connectivity index (χ3v) is 8.09. The van der Waals surface area contributed by atoms with Gasteiger partial charge in [-0.15, -0.1) is 0 Å². The van der Waals surface area contributed by atoms with Crippen LogP contribution < -0.4 is 33.2 Å². The van der Waals surface area contributed by atoms with E-state index < -0.39 is 47.9 Å². The molecule has 0 aliphatic heterocycles. The number of hydrogen-bond donors (Lipinski definition) is 9. The van der Waals surface area contributed by atoms with Crippen molar-refractivity contribution in [1.29, 1.82) is 0 Å². The number of rotatable bonds is 17. The lowest BCUT2D eigenvalue weighted by atomic mass is 10.0. The second-order valence-corrected chi connectivity index (χ2v) is 12.3. The van der Waals surface area contributed by atoms with Gasteiger partial charge in [-0.25, -0.2) is 4.79 Å². The molecule has 0 saturated heterocycles. The van der Waals surface area contributed by atoms with Crippen LogP contribution in [0.1, 0.15) is 44.2 Å². The first-order chi connectivity index (χ1) is 22.9. The maximum atomic E-state index is 13.9. The number of fused-ring (bicyclic) bond motifs is 2. The molecule has 0 saturated carbocycles. The van der Waals surface area contributed by atoms with Crippen molar-refractivity contribution >= 4 is 51.5 Å². The molecule has 0 fully saturated rings. The predicted molar refractivity (Wildman–Crippen MR) is 185 cm³/mol. The summed E-state index contributed by atoms with van der Waals surface area (Å²) >= 11 is 0. The number of carbonyl (C=O) groups excluding carboxylic acids is 3. The fraction of sp³-hybridized carbons (Fsp3) is 0.382. The molecule has 256 valence electrons. The number of carboxylic acid groups (broad SMARTS) is 1. The van der Waals surface area contributed by atoms with Crippen LogP contribution in [0.15, 0.2) is 65.9 Å². The molecule has 0 aliphatic rings. The van der Waals surface area contributed by atoms with E-state index in [1.165, 1.54) is 0 Å². The molecule has 2 heterocycles. The molecule has 2 aromatic heterocycles. The number of nitrogens with two attached hydrogens (primary N) is 3. The van der Waals surface area contributed by atoms with E-state index in [-0.39, 0.29) is 37.7 Å². The number of aromatic amines is 2. The SMILES string of the molecule is CC(C)CC(N)C(=O)NC(Cc1c[nH]c2ccccc12)C(=O)NC(CCCN=C(N)N)C(=O)NC(Cc1c[nH]c2ccccc12)C(=O)O. The summed E-state index contributed by atoms with van der Waals surface area (Å²) in [6.07, 6.45) is 4.40.